The second-order valence-corrected chi connectivity index (χ2v) is 21.1. The Morgan fingerprint density at radius 1 is 0.917 bits per heavy atom. The van der Waals surface area contributed by atoms with E-state index in [1.807, 2.05) is 30.3 Å². The molecule has 0 unspecified atom stereocenters. The van der Waals surface area contributed by atoms with Crippen molar-refractivity contribution in [1.82, 2.24) is 10.9 Å². The summed E-state index contributed by atoms with van der Waals surface area (Å²) in [6.45, 7) is 1.74. The van der Waals surface area contributed by atoms with E-state index >= 15 is 0 Å². The second-order valence-electron chi connectivity index (χ2n) is 6.73. The zero-order valence-electron chi connectivity index (χ0n) is 14.6. The van der Waals surface area contributed by atoms with E-state index in [1.165, 1.54) is 0 Å². The number of nitrogens with one attached hydrogen (secondary N) is 2. The van der Waals surface area contributed by atoms with Crippen molar-refractivity contribution in [2.45, 2.75) is 28.2 Å². The van der Waals surface area contributed by atoms with E-state index in [9.17, 15) is 9.59 Å². The molecule has 0 saturated carbocycles. The van der Waals surface area contributed by atoms with Gasteiger partial charge in [0, 0.05) is 0 Å². The molecule has 0 atom stereocenters. The topological polar surface area (TPSA) is 58.2 Å². The standard InChI is InChI=1S/C16H15N2O2.3CH3.Sn/c1-2-15(19)17-18-16(20)14-10-8-13(9-11-14)12-6-4-3-5-7-12;;;;/h3-10H,2H2,1H3,(H,17,19)(H,18,20);3*1H3;. The van der Waals surface area contributed by atoms with Crippen molar-refractivity contribution in [2.75, 3.05) is 0 Å². The Morgan fingerprint density at radius 2 is 1.58 bits per heavy atom. The summed E-state index contributed by atoms with van der Waals surface area (Å²) in [6, 6.07) is 16.1. The van der Waals surface area contributed by atoms with Crippen LogP contribution in [-0.2, 0) is 4.79 Å². The molecular formula is C19H24N2O2Sn. The Hall–Kier alpha value is -1.82. The van der Waals surface area contributed by atoms with Crippen molar-refractivity contribution in [3.8, 4) is 11.1 Å². The van der Waals surface area contributed by atoms with Crippen molar-refractivity contribution >= 4 is 33.8 Å². The Labute approximate surface area is 147 Å². The van der Waals surface area contributed by atoms with E-state index in [0.29, 0.717) is 12.0 Å². The fourth-order valence-corrected chi connectivity index (χ4v) is 7.00. The van der Waals surface area contributed by atoms with Crippen LogP contribution in [0.5, 0.6) is 0 Å². The molecule has 5 heteroatoms. The molecule has 0 heterocycles. The zero-order chi connectivity index (χ0) is 17.7. The summed E-state index contributed by atoms with van der Waals surface area (Å²) in [6.07, 6.45) is 0.332. The van der Waals surface area contributed by atoms with E-state index < -0.39 is 18.4 Å². The summed E-state index contributed by atoms with van der Waals surface area (Å²) in [5.41, 5.74) is 7.87. The third-order valence-electron chi connectivity index (χ3n) is 3.82. The minimum atomic E-state index is -2.53. The molecule has 2 aromatic carbocycles. The van der Waals surface area contributed by atoms with E-state index in [1.54, 1.807) is 6.92 Å². The van der Waals surface area contributed by atoms with Crippen LogP contribution in [0.2, 0.25) is 14.8 Å². The Morgan fingerprint density at radius 3 is 2.17 bits per heavy atom. The number of carbonyl (C=O) groups is 2. The molecule has 0 radical (unpaired) electrons. The Bertz CT molecular complexity index is 737. The van der Waals surface area contributed by atoms with Gasteiger partial charge in [0.05, 0.1) is 0 Å². The summed E-state index contributed by atoms with van der Waals surface area (Å²) < 4.78 is 1.15. The maximum atomic E-state index is 12.5. The average molecular weight is 431 g/mol. The molecule has 0 spiro atoms. The molecule has 0 aliphatic rings. The maximum absolute atomic E-state index is 12.5. The number of benzene rings is 2. The quantitative estimate of drug-likeness (QED) is 0.578. The Balaban J connectivity index is 2.38. The molecule has 0 aliphatic carbocycles. The summed E-state index contributed by atoms with van der Waals surface area (Å²) in [7, 11) is 0. The van der Waals surface area contributed by atoms with Crippen LogP contribution < -0.4 is 14.4 Å². The fourth-order valence-electron chi connectivity index (χ4n) is 2.46. The number of rotatable bonds is 4. The molecule has 2 rings (SSSR count). The van der Waals surface area contributed by atoms with Crippen LogP contribution in [0.15, 0.2) is 48.5 Å². The molecule has 0 bridgehead atoms. The van der Waals surface area contributed by atoms with Crippen molar-refractivity contribution in [3.05, 3.63) is 54.1 Å². The molecular weight excluding hydrogens is 407 g/mol. The van der Waals surface area contributed by atoms with Gasteiger partial charge in [-0.25, -0.2) is 0 Å². The van der Waals surface area contributed by atoms with E-state index in [-0.39, 0.29) is 11.8 Å². The summed E-state index contributed by atoms with van der Waals surface area (Å²) >= 11 is -2.53. The molecule has 2 aromatic rings. The predicted octanol–water partition coefficient (Wildman–Crippen LogP) is 3.07. The molecule has 0 aromatic heterocycles. The molecule has 0 saturated heterocycles. The third kappa shape index (κ3) is 4.60. The van der Waals surface area contributed by atoms with Crippen LogP contribution >= 0.6 is 0 Å². The molecule has 24 heavy (non-hydrogen) atoms. The first-order valence-corrected chi connectivity index (χ1v) is 18.1. The van der Waals surface area contributed by atoms with Gasteiger partial charge >= 0.3 is 148 Å². The van der Waals surface area contributed by atoms with Crippen molar-refractivity contribution in [2.24, 2.45) is 0 Å². The first-order valence-electron chi connectivity index (χ1n) is 8.12. The van der Waals surface area contributed by atoms with Gasteiger partial charge in [-0.2, -0.15) is 0 Å². The molecule has 2 amide bonds. The van der Waals surface area contributed by atoms with Crippen LogP contribution in [-0.4, -0.2) is 30.2 Å². The van der Waals surface area contributed by atoms with Gasteiger partial charge in [-0.3, -0.25) is 0 Å². The summed E-state index contributed by atoms with van der Waals surface area (Å²) in [5, 5.41) is 0. The van der Waals surface area contributed by atoms with Gasteiger partial charge < -0.3 is 0 Å². The van der Waals surface area contributed by atoms with Gasteiger partial charge in [0.15, 0.2) is 0 Å². The number of carbonyl (C=O) groups excluding carboxylic acids is 2. The molecule has 0 fully saturated rings. The first kappa shape index (κ1) is 18.5. The van der Waals surface area contributed by atoms with Gasteiger partial charge in [0.2, 0.25) is 0 Å². The SMILES string of the molecule is CCC(=O)NNC(=O)c1ccc(-c2ccccc2)c[c]1[Sn]([CH3])([CH3])[CH3]. The molecule has 126 valence electrons. The normalized spacial score (nSPS) is 11.0. The van der Waals surface area contributed by atoms with Gasteiger partial charge in [0.1, 0.15) is 0 Å². The number of hydrazine groups is 1. The van der Waals surface area contributed by atoms with Gasteiger partial charge in [-0.05, 0) is 0 Å². The zero-order valence-corrected chi connectivity index (χ0v) is 17.5. The van der Waals surface area contributed by atoms with Crippen LogP contribution in [0.25, 0.3) is 11.1 Å². The van der Waals surface area contributed by atoms with Crippen molar-refractivity contribution < 1.29 is 9.59 Å². The van der Waals surface area contributed by atoms with Gasteiger partial charge in [-0.15, -0.1) is 0 Å². The van der Waals surface area contributed by atoms with E-state index in [0.717, 1.165) is 14.7 Å². The van der Waals surface area contributed by atoms with Crippen LogP contribution in [0.4, 0.5) is 0 Å². The van der Waals surface area contributed by atoms with Crippen LogP contribution in [0.1, 0.15) is 23.7 Å². The van der Waals surface area contributed by atoms with E-state index in [4.69, 9.17) is 0 Å². The minimum absolute atomic E-state index is 0.204. The van der Waals surface area contributed by atoms with E-state index in [2.05, 4.69) is 43.9 Å². The monoisotopic (exact) mass is 432 g/mol. The second kappa shape index (κ2) is 7.83. The summed E-state index contributed by atoms with van der Waals surface area (Å²) in [4.78, 5) is 30.7. The molecule has 4 nitrogen and oxygen atoms in total. The predicted molar refractivity (Wildman–Crippen MR) is 101 cm³/mol. The average Bonchev–Trinajstić information content (AvgIpc) is 2.58. The molecule has 0 aliphatic heterocycles. The van der Waals surface area contributed by atoms with Crippen molar-refractivity contribution in [1.29, 1.82) is 0 Å². The van der Waals surface area contributed by atoms with Gasteiger partial charge in [-0.1, -0.05) is 0 Å². The van der Waals surface area contributed by atoms with Crippen LogP contribution in [0.3, 0.4) is 0 Å². The first-order chi connectivity index (χ1) is 11.3. The van der Waals surface area contributed by atoms with Crippen molar-refractivity contribution in [3.63, 3.8) is 0 Å². The fraction of sp³-hybridized carbons (Fsp3) is 0.263. The number of hydrogen-bond acceptors (Lipinski definition) is 2. The third-order valence-corrected chi connectivity index (χ3v) is 9.61. The molecule has 2 N–H and O–H groups in total. The van der Waals surface area contributed by atoms with Crippen LogP contribution in [0, 0.1) is 0 Å². The van der Waals surface area contributed by atoms with Gasteiger partial charge in [0.25, 0.3) is 0 Å². The Kier molecular flexibility index (Phi) is 6.04. The number of amides is 2. The number of hydrogen-bond donors (Lipinski definition) is 2. The summed E-state index contributed by atoms with van der Waals surface area (Å²) in [5.74, 6) is -0.455.